The van der Waals surface area contributed by atoms with E-state index in [9.17, 15) is 8.42 Å². The average Bonchev–Trinajstić information content (AvgIpc) is 2.88. The molecular weight excluding hydrogens is 444 g/mol. The predicted molar refractivity (Wildman–Crippen MR) is 138 cm³/mol. The van der Waals surface area contributed by atoms with Gasteiger partial charge in [0.05, 0.1) is 5.69 Å². The highest BCUT2D eigenvalue weighted by Gasteiger charge is 2.25. The molecule has 1 fully saturated rings. The zero-order valence-corrected chi connectivity index (χ0v) is 19.8. The van der Waals surface area contributed by atoms with Crippen molar-refractivity contribution in [2.45, 2.75) is 6.92 Å². The molecule has 0 amide bonds. The van der Waals surface area contributed by atoms with E-state index in [0.717, 1.165) is 33.6 Å². The molecule has 0 radical (unpaired) electrons. The van der Waals surface area contributed by atoms with Gasteiger partial charge in [-0.3, -0.25) is 0 Å². The van der Waals surface area contributed by atoms with Gasteiger partial charge in [0.1, 0.15) is 0 Å². The molecule has 1 saturated heterocycles. The third-order valence-electron chi connectivity index (χ3n) is 6.15. The fourth-order valence-corrected chi connectivity index (χ4v) is 5.36. The van der Waals surface area contributed by atoms with Crippen LogP contribution in [-0.4, -0.2) is 49.1 Å². The van der Waals surface area contributed by atoms with Crippen LogP contribution in [-0.2, 0) is 10.0 Å². The van der Waals surface area contributed by atoms with Gasteiger partial charge < -0.3 is 4.90 Å². The fourth-order valence-electron chi connectivity index (χ4n) is 4.19. The Morgan fingerprint density at radius 2 is 1.53 bits per heavy atom. The van der Waals surface area contributed by atoms with Gasteiger partial charge in [-0.15, -0.1) is 10.2 Å². The summed E-state index contributed by atoms with van der Waals surface area (Å²) in [6.07, 6.45) is 1.65. The molecule has 5 rings (SSSR count). The maximum atomic E-state index is 12.8. The van der Waals surface area contributed by atoms with Gasteiger partial charge in [0.15, 0.2) is 5.82 Å². The van der Waals surface area contributed by atoms with E-state index in [1.165, 1.54) is 15.1 Å². The summed E-state index contributed by atoms with van der Waals surface area (Å²) in [5.41, 5.74) is 3.88. The number of hydrogen-bond donors (Lipinski definition) is 0. The van der Waals surface area contributed by atoms with Crippen LogP contribution in [0, 0.1) is 6.92 Å². The maximum Gasteiger partial charge on any atom is 0.236 e. The third kappa shape index (κ3) is 4.71. The number of aromatic nitrogens is 2. The minimum Gasteiger partial charge on any atom is -0.352 e. The van der Waals surface area contributed by atoms with Crippen LogP contribution in [0.2, 0.25) is 0 Å². The lowest BCUT2D eigenvalue weighted by Crippen LogP contribution is -2.48. The van der Waals surface area contributed by atoms with Crippen LogP contribution < -0.4 is 4.90 Å². The average molecular weight is 471 g/mol. The Morgan fingerprint density at radius 3 is 2.26 bits per heavy atom. The molecule has 6 nitrogen and oxygen atoms in total. The van der Waals surface area contributed by atoms with Crippen LogP contribution in [0.4, 0.5) is 5.82 Å². The summed E-state index contributed by atoms with van der Waals surface area (Å²) < 4.78 is 27.1. The first-order valence-corrected chi connectivity index (χ1v) is 12.8. The van der Waals surface area contributed by atoms with Crippen molar-refractivity contribution in [3.63, 3.8) is 0 Å². The summed E-state index contributed by atoms with van der Waals surface area (Å²) in [6.45, 7) is 3.96. The first-order valence-electron chi connectivity index (χ1n) is 11.3. The summed E-state index contributed by atoms with van der Waals surface area (Å²) >= 11 is 0. The van der Waals surface area contributed by atoms with Crippen molar-refractivity contribution in [3.8, 4) is 11.3 Å². The molecule has 0 atom stereocenters. The number of anilines is 1. The maximum absolute atomic E-state index is 12.8. The van der Waals surface area contributed by atoms with Gasteiger partial charge in [0, 0.05) is 37.2 Å². The minimum atomic E-state index is -3.47. The summed E-state index contributed by atoms with van der Waals surface area (Å²) in [4.78, 5) is 2.08. The van der Waals surface area contributed by atoms with E-state index in [4.69, 9.17) is 0 Å². The van der Waals surface area contributed by atoms with Crippen molar-refractivity contribution in [2.24, 2.45) is 0 Å². The second-order valence-corrected chi connectivity index (χ2v) is 10.3. The van der Waals surface area contributed by atoms with Crippen LogP contribution in [0.15, 0.2) is 84.3 Å². The van der Waals surface area contributed by atoms with E-state index in [1.54, 1.807) is 6.08 Å². The molecule has 0 N–H and O–H groups in total. The number of aryl methyl sites for hydroxylation is 1. The third-order valence-corrected chi connectivity index (χ3v) is 7.71. The zero-order valence-electron chi connectivity index (χ0n) is 19.0. The lowest BCUT2D eigenvalue weighted by Gasteiger charge is -2.33. The summed E-state index contributed by atoms with van der Waals surface area (Å²) in [7, 11) is -3.47. The number of nitrogens with zero attached hydrogens (tertiary/aromatic N) is 4. The first-order chi connectivity index (χ1) is 16.5. The highest BCUT2D eigenvalue weighted by molar-refractivity contribution is 7.92. The molecule has 0 aliphatic carbocycles. The molecule has 172 valence electrons. The number of rotatable bonds is 5. The number of benzene rings is 3. The number of hydrogen-bond acceptors (Lipinski definition) is 5. The van der Waals surface area contributed by atoms with Gasteiger partial charge in [-0.25, -0.2) is 8.42 Å². The molecule has 1 aliphatic heterocycles. The topological polar surface area (TPSA) is 66.4 Å². The molecule has 7 heteroatoms. The van der Waals surface area contributed by atoms with Crippen LogP contribution in [0.3, 0.4) is 0 Å². The van der Waals surface area contributed by atoms with E-state index in [0.29, 0.717) is 26.2 Å². The van der Waals surface area contributed by atoms with E-state index in [-0.39, 0.29) is 0 Å². The Labute approximate surface area is 200 Å². The zero-order chi connectivity index (χ0) is 23.5. The molecule has 0 saturated carbocycles. The highest BCUT2D eigenvalue weighted by atomic mass is 32.2. The molecule has 3 aromatic carbocycles. The monoisotopic (exact) mass is 470 g/mol. The number of piperazine rings is 1. The summed E-state index contributed by atoms with van der Waals surface area (Å²) in [5, 5.41) is 12.5. The van der Waals surface area contributed by atoms with Gasteiger partial charge >= 0.3 is 0 Å². The van der Waals surface area contributed by atoms with Crippen molar-refractivity contribution in [1.82, 2.24) is 14.5 Å². The van der Waals surface area contributed by atoms with Crippen LogP contribution in [0.5, 0.6) is 0 Å². The molecule has 34 heavy (non-hydrogen) atoms. The second kappa shape index (κ2) is 9.37. The Balaban J connectivity index is 1.25. The Hall–Kier alpha value is -3.55. The van der Waals surface area contributed by atoms with E-state index in [1.807, 2.05) is 61.5 Å². The lowest BCUT2D eigenvalue weighted by atomic mass is 10.0. The minimum absolute atomic E-state index is 0.410. The molecule has 1 aliphatic rings. The smallest absolute Gasteiger partial charge is 0.236 e. The fraction of sp³-hybridized carbons (Fsp3) is 0.185. The molecule has 0 spiro atoms. The Morgan fingerprint density at radius 1 is 0.794 bits per heavy atom. The van der Waals surface area contributed by atoms with E-state index < -0.39 is 10.0 Å². The van der Waals surface area contributed by atoms with E-state index in [2.05, 4.69) is 39.4 Å². The lowest BCUT2D eigenvalue weighted by molar-refractivity contribution is 0.388. The molecule has 4 aromatic rings. The second-order valence-electron chi connectivity index (χ2n) is 8.45. The first kappa shape index (κ1) is 22.3. The molecule has 0 bridgehead atoms. The SMILES string of the molecule is Cc1ccc(/C=C\S(=O)(=O)N2CCN(c3ccc(-c4cccc5ccccc45)nn3)CC2)cc1. The van der Waals surface area contributed by atoms with Crippen molar-refractivity contribution in [3.05, 3.63) is 95.4 Å². The van der Waals surface area contributed by atoms with Gasteiger partial charge in [-0.1, -0.05) is 72.3 Å². The van der Waals surface area contributed by atoms with Crippen molar-refractivity contribution in [1.29, 1.82) is 0 Å². The highest BCUT2D eigenvalue weighted by Crippen LogP contribution is 2.27. The van der Waals surface area contributed by atoms with Crippen LogP contribution in [0.25, 0.3) is 28.1 Å². The summed E-state index contributed by atoms with van der Waals surface area (Å²) in [6, 6.07) is 26.1. The molecule has 0 unspecified atom stereocenters. The molecule has 2 heterocycles. The Kier molecular flexibility index (Phi) is 6.13. The van der Waals surface area contributed by atoms with Gasteiger partial charge in [0.2, 0.25) is 10.0 Å². The van der Waals surface area contributed by atoms with Crippen molar-refractivity contribution < 1.29 is 8.42 Å². The largest absolute Gasteiger partial charge is 0.352 e. The van der Waals surface area contributed by atoms with Crippen molar-refractivity contribution >= 4 is 32.7 Å². The van der Waals surface area contributed by atoms with Gasteiger partial charge in [0.25, 0.3) is 0 Å². The normalized spacial score (nSPS) is 15.3. The van der Waals surface area contributed by atoms with Crippen molar-refractivity contribution in [2.75, 3.05) is 31.1 Å². The predicted octanol–water partition coefficient (Wildman–Crippen LogP) is 4.73. The van der Waals surface area contributed by atoms with Gasteiger partial charge in [-0.2, -0.15) is 4.31 Å². The number of fused-ring (bicyclic) bond motifs is 1. The molecular formula is C27H26N4O2S. The van der Waals surface area contributed by atoms with Crippen LogP contribution >= 0.6 is 0 Å². The van der Waals surface area contributed by atoms with E-state index >= 15 is 0 Å². The number of sulfonamides is 1. The summed E-state index contributed by atoms with van der Waals surface area (Å²) in [5.74, 6) is 0.760. The quantitative estimate of drug-likeness (QED) is 0.422. The van der Waals surface area contributed by atoms with Crippen LogP contribution in [0.1, 0.15) is 11.1 Å². The van der Waals surface area contributed by atoms with Gasteiger partial charge in [-0.05, 0) is 41.5 Å². The molecule has 1 aromatic heterocycles. The standard InChI is InChI=1S/C27H26N4O2S/c1-21-9-11-22(12-10-21)15-20-34(32,33)31-18-16-30(17-19-31)27-14-13-26(28-29-27)25-8-4-6-23-5-2-3-7-24(23)25/h2-15,20H,16-19H2,1H3/b20-15-. The Bertz CT molecular complexity index is 1420.